The van der Waals surface area contributed by atoms with Gasteiger partial charge in [0.2, 0.25) is 0 Å². The molecule has 1 rings (SSSR count). The summed E-state index contributed by atoms with van der Waals surface area (Å²) >= 11 is 0. The third-order valence-corrected chi connectivity index (χ3v) is 2.46. The SMILES string of the molecule is CC(C)=C1O[C@H](C(C)(C)C)[C@@H](O)[C@H]1F. The lowest BCUT2D eigenvalue weighted by Crippen LogP contribution is -2.37. The summed E-state index contributed by atoms with van der Waals surface area (Å²) in [6.07, 6.45) is -2.87. The summed E-state index contributed by atoms with van der Waals surface area (Å²) in [5, 5.41) is 9.68. The van der Waals surface area contributed by atoms with Crippen LogP contribution in [0.25, 0.3) is 0 Å². The van der Waals surface area contributed by atoms with Crippen molar-refractivity contribution in [2.24, 2.45) is 5.41 Å². The van der Waals surface area contributed by atoms with Crippen molar-refractivity contribution in [2.75, 3.05) is 0 Å². The summed E-state index contributed by atoms with van der Waals surface area (Å²) in [4.78, 5) is 0. The Balaban J connectivity index is 2.94. The Labute approximate surface area is 84.8 Å². The van der Waals surface area contributed by atoms with Gasteiger partial charge in [0.25, 0.3) is 0 Å². The van der Waals surface area contributed by atoms with Crippen LogP contribution in [0.15, 0.2) is 11.3 Å². The maximum Gasteiger partial charge on any atom is 0.186 e. The molecule has 2 nitrogen and oxygen atoms in total. The van der Waals surface area contributed by atoms with Crippen molar-refractivity contribution >= 4 is 0 Å². The predicted molar refractivity (Wildman–Crippen MR) is 53.6 cm³/mol. The van der Waals surface area contributed by atoms with Crippen LogP contribution in [0.5, 0.6) is 0 Å². The number of alkyl halides is 1. The molecule has 0 aromatic rings. The molecule has 0 radical (unpaired) electrons. The van der Waals surface area contributed by atoms with E-state index in [0.717, 1.165) is 5.57 Å². The van der Waals surface area contributed by atoms with E-state index in [1.807, 2.05) is 20.8 Å². The number of halogens is 1. The van der Waals surface area contributed by atoms with E-state index in [4.69, 9.17) is 4.74 Å². The third-order valence-electron chi connectivity index (χ3n) is 2.46. The van der Waals surface area contributed by atoms with Crippen LogP contribution in [-0.4, -0.2) is 23.5 Å². The Hall–Kier alpha value is -0.570. The highest BCUT2D eigenvalue weighted by Crippen LogP contribution is 2.38. The zero-order valence-electron chi connectivity index (χ0n) is 9.47. The molecular weight excluding hydrogens is 183 g/mol. The van der Waals surface area contributed by atoms with Gasteiger partial charge in [-0.2, -0.15) is 0 Å². The highest BCUT2D eigenvalue weighted by Gasteiger charge is 2.47. The molecule has 0 aromatic heterocycles. The number of aliphatic hydroxyl groups excluding tert-OH is 1. The number of aliphatic hydroxyl groups is 1. The summed E-state index contributed by atoms with van der Waals surface area (Å²) < 4.78 is 19.0. The molecule has 0 amide bonds. The molecule has 3 heteroatoms. The molecule has 0 aromatic carbocycles. The molecule has 1 aliphatic rings. The van der Waals surface area contributed by atoms with Crippen LogP contribution in [0, 0.1) is 5.41 Å². The first-order valence-corrected chi connectivity index (χ1v) is 4.91. The second kappa shape index (κ2) is 3.54. The van der Waals surface area contributed by atoms with Crippen LogP contribution < -0.4 is 0 Å². The second-order valence-electron chi connectivity index (χ2n) is 5.16. The molecule has 14 heavy (non-hydrogen) atoms. The molecule has 0 aliphatic carbocycles. The van der Waals surface area contributed by atoms with E-state index >= 15 is 0 Å². The van der Waals surface area contributed by atoms with Crippen molar-refractivity contribution in [1.29, 1.82) is 0 Å². The minimum Gasteiger partial charge on any atom is -0.488 e. The zero-order valence-corrected chi connectivity index (χ0v) is 9.47. The minimum atomic E-state index is -1.37. The van der Waals surface area contributed by atoms with Gasteiger partial charge in [0.1, 0.15) is 18.0 Å². The van der Waals surface area contributed by atoms with Crippen molar-refractivity contribution in [3.63, 3.8) is 0 Å². The van der Waals surface area contributed by atoms with E-state index in [1.165, 1.54) is 0 Å². The first-order valence-electron chi connectivity index (χ1n) is 4.91. The summed E-state index contributed by atoms with van der Waals surface area (Å²) in [6.45, 7) is 9.38. The van der Waals surface area contributed by atoms with Crippen molar-refractivity contribution in [3.05, 3.63) is 11.3 Å². The quantitative estimate of drug-likeness (QED) is 0.653. The van der Waals surface area contributed by atoms with Gasteiger partial charge in [-0.25, -0.2) is 4.39 Å². The maximum absolute atomic E-state index is 13.6. The molecule has 82 valence electrons. The van der Waals surface area contributed by atoms with Crippen LogP contribution in [0.1, 0.15) is 34.6 Å². The van der Waals surface area contributed by atoms with E-state index in [2.05, 4.69) is 0 Å². The average molecular weight is 202 g/mol. The van der Waals surface area contributed by atoms with E-state index < -0.39 is 18.4 Å². The highest BCUT2D eigenvalue weighted by molar-refractivity contribution is 5.17. The van der Waals surface area contributed by atoms with Crippen molar-refractivity contribution in [2.45, 2.75) is 53.0 Å². The summed E-state index contributed by atoms with van der Waals surface area (Å²) in [7, 11) is 0. The molecule has 0 spiro atoms. The number of hydrogen-bond donors (Lipinski definition) is 1. The first-order chi connectivity index (χ1) is 6.25. The highest BCUT2D eigenvalue weighted by atomic mass is 19.1. The Morgan fingerprint density at radius 3 is 2.07 bits per heavy atom. The van der Waals surface area contributed by atoms with Gasteiger partial charge in [0.15, 0.2) is 6.17 Å². The van der Waals surface area contributed by atoms with Gasteiger partial charge in [0, 0.05) is 5.41 Å². The topological polar surface area (TPSA) is 29.5 Å². The molecule has 0 saturated carbocycles. The van der Waals surface area contributed by atoms with Crippen LogP contribution in [-0.2, 0) is 4.74 Å². The van der Waals surface area contributed by atoms with Gasteiger partial charge in [-0.3, -0.25) is 0 Å². The fourth-order valence-electron chi connectivity index (χ4n) is 1.66. The number of ether oxygens (including phenoxy) is 1. The fraction of sp³-hybridized carbons (Fsp3) is 0.818. The van der Waals surface area contributed by atoms with Crippen LogP contribution in [0.2, 0.25) is 0 Å². The molecule has 0 unspecified atom stereocenters. The van der Waals surface area contributed by atoms with Crippen LogP contribution in [0.3, 0.4) is 0 Å². The van der Waals surface area contributed by atoms with Crippen LogP contribution in [0.4, 0.5) is 4.39 Å². The van der Waals surface area contributed by atoms with Gasteiger partial charge in [0.05, 0.1) is 0 Å². The van der Waals surface area contributed by atoms with Gasteiger partial charge in [-0.1, -0.05) is 20.8 Å². The van der Waals surface area contributed by atoms with Crippen LogP contribution >= 0.6 is 0 Å². The Morgan fingerprint density at radius 2 is 1.86 bits per heavy atom. The summed E-state index contributed by atoms with van der Waals surface area (Å²) in [5.41, 5.74) is 0.546. The second-order valence-corrected chi connectivity index (χ2v) is 5.16. The largest absolute Gasteiger partial charge is 0.488 e. The normalized spacial score (nSPS) is 33.1. The predicted octanol–water partition coefficient (Wildman–Crippen LogP) is 2.42. The molecule has 3 atom stereocenters. The lowest BCUT2D eigenvalue weighted by Gasteiger charge is -2.28. The molecule has 1 heterocycles. The molecule has 1 fully saturated rings. The summed E-state index contributed by atoms with van der Waals surface area (Å²) in [5.74, 6) is 0.303. The third kappa shape index (κ3) is 1.92. The lowest BCUT2D eigenvalue weighted by atomic mass is 9.85. The fourth-order valence-corrected chi connectivity index (χ4v) is 1.66. The number of allylic oxidation sites excluding steroid dienone is 1. The van der Waals surface area contributed by atoms with Gasteiger partial charge in [-0.15, -0.1) is 0 Å². The standard InChI is InChI=1S/C11H19FO2/c1-6(2)9-7(12)8(13)10(14-9)11(3,4)5/h7-8,10,13H,1-5H3/t7-,8+,10+/m1/s1. The van der Waals surface area contributed by atoms with E-state index in [1.54, 1.807) is 13.8 Å². The summed E-state index contributed by atoms with van der Waals surface area (Å²) in [6, 6.07) is 0. The van der Waals surface area contributed by atoms with Gasteiger partial charge < -0.3 is 9.84 Å². The Bertz CT molecular complexity index is 249. The number of hydrogen-bond acceptors (Lipinski definition) is 2. The molecule has 1 saturated heterocycles. The van der Waals surface area contributed by atoms with E-state index in [0.29, 0.717) is 5.76 Å². The van der Waals surface area contributed by atoms with E-state index in [9.17, 15) is 9.50 Å². The molecule has 1 N–H and O–H groups in total. The Kier molecular flexibility index (Phi) is 2.91. The lowest BCUT2D eigenvalue weighted by molar-refractivity contribution is -0.0204. The maximum atomic E-state index is 13.6. The van der Waals surface area contributed by atoms with Crippen molar-refractivity contribution in [1.82, 2.24) is 0 Å². The number of rotatable bonds is 0. The average Bonchev–Trinajstić information content (AvgIpc) is 2.28. The Morgan fingerprint density at radius 1 is 1.36 bits per heavy atom. The molecular formula is C11H19FO2. The van der Waals surface area contributed by atoms with Gasteiger partial charge in [-0.05, 0) is 19.4 Å². The zero-order chi connectivity index (χ0) is 11.1. The van der Waals surface area contributed by atoms with Crippen molar-refractivity contribution < 1.29 is 14.2 Å². The monoisotopic (exact) mass is 202 g/mol. The van der Waals surface area contributed by atoms with Crippen molar-refractivity contribution in [3.8, 4) is 0 Å². The molecule has 1 aliphatic heterocycles. The minimum absolute atomic E-state index is 0.249. The molecule has 0 bridgehead atoms. The van der Waals surface area contributed by atoms with Gasteiger partial charge >= 0.3 is 0 Å². The first kappa shape index (κ1) is 11.5. The van der Waals surface area contributed by atoms with E-state index in [-0.39, 0.29) is 5.41 Å². The smallest absolute Gasteiger partial charge is 0.186 e.